The van der Waals surface area contributed by atoms with Crippen molar-refractivity contribution in [2.45, 2.75) is 32.7 Å². The summed E-state index contributed by atoms with van der Waals surface area (Å²) in [5.74, 6) is 1.97. The van der Waals surface area contributed by atoms with Crippen LogP contribution in [-0.2, 0) is 0 Å². The Morgan fingerprint density at radius 3 is 2.67 bits per heavy atom. The van der Waals surface area contributed by atoms with Gasteiger partial charge in [0.25, 0.3) is 0 Å². The van der Waals surface area contributed by atoms with E-state index in [0.29, 0.717) is 6.04 Å². The van der Waals surface area contributed by atoms with Gasteiger partial charge in [-0.2, -0.15) is 0 Å². The molecule has 4 heteroatoms. The van der Waals surface area contributed by atoms with Crippen molar-refractivity contribution >= 4 is 11.6 Å². The zero-order valence-corrected chi connectivity index (χ0v) is 9.40. The largest absolute Gasteiger partial charge is 0.368 e. The Balaban J connectivity index is 2.11. The summed E-state index contributed by atoms with van der Waals surface area (Å²) in [5, 5.41) is 3.29. The van der Waals surface area contributed by atoms with Gasteiger partial charge in [-0.3, -0.25) is 0 Å². The van der Waals surface area contributed by atoms with Crippen molar-refractivity contribution in [1.82, 2.24) is 9.97 Å². The van der Waals surface area contributed by atoms with Crippen LogP contribution in [0.1, 0.15) is 26.7 Å². The lowest BCUT2D eigenvalue weighted by Gasteiger charge is -2.17. The molecule has 1 aromatic rings. The van der Waals surface area contributed by atoms with Gasteiger partial charge in [-0.15, -0.1) is 0 Å². The van der Waals surface area contributed by atoms with Gasteiger partial charge in [0.2, 0.25) is 0 Å². The molecule has 15 heavy (non-hydrogen) atoms. The van der Waals surface area contributed by atoms with Crippen LogP contribution >= 0.6 is 0 Å². The lowest BCUT2D eigenvalue weighted by molar-refractivity contribution is 0.878. The molecule has 0 amide bonds. The quantitative estimate of drug-likeness (QED) is 0.820. The van der Waals surface area contributed by atoms with Crippen LogP contribution in [-0.4, -0.2) is 29.1 Å². The van der Waals surface area contributed by atoms with E-state index in [0.717, 1.165) is 24.7 Å². The Morgan fingerprint density at radius 1 is 1.27 bits per heavy atom. The molecule has 0 saturated carbocycles. The van der Waals surface area contributed by atoms with Crippen LogP contribution in [0, 0.1) is 0 Å². The second kappa shape index (κ2) is 4.47. The Hall–Kier alpha value is -1.32. The van der Waals surface area contributed by atoms with E-state index in [-0.39, 0.29) is 0 Å². The lowest BCUT2D eigenvalue weighted by Crippen LogP contribution is -2.20. The molecule has 0 aliphatic carbocycles. The minimum Gasteiger partial charge on any atom is -0.368 e. The minimum absolute atomic E-state index is 0.409. The zero-order chi connectivity index (χ0) is 10.7. The second-order valence-electron chi connectivity index (χ2n) is 4.25. The fraction of sp³-hybridized carbons (Fsp3) is 0.636. The molecule has 0 aromatic carbocycles. The summed E-state index contributed by atoms with van der Waals surface area (Å²) in [6, 6.07) is 2.44. The molecule has 1 aliphatic rings. The molecule has 1 saturated heterocycles. The zero-order valence-electron chi connectivity index (χ0n) is 9.40. The number of rotatable bonds is 3. The van der Waals surface area contributed by atoms with E-state index in [9.17, 15) is 0 Å². The van der Waals surface area contributed by atoms with E-state index >= 15 is 0 Å². The average molecular weight is 206 g/mol. The monoisotopic (exact) mass is 206 g/mol. The standard InChI is InChI=1S/C11H18N4/c1-9(2)14-10-7-11(13-8-12-10)15-5-3-4-6-15/h7-9H,3-6H2,1-2H3,(H,12,13,14). The summed E-state index contributed by atoms with van der Waals surface area (Å²) < 4.78 is 0. The van der Waals surface area contributed by atoms with Gasteiger partial charge in [0.1, 0.15) is 18.0 Å². The van der Waals surface area contributed by atoms with Crippen LogP contribution < -0.4 is 10.2 Å². The van der Waals surface area contributed by atoms with Crippen LogP contribution in [0.25, 0.3) is 0 Å². The maximum atomic E-state index is 4.30. The maximum Gasteiger partial charge on any atom is 0.134 e. The van der Waals surface area contributed by atoms with Crippen LogP contribution in [0.2, 0.25) is 0 Å². The molecule has 2 rings (SSSR count). The number of nitrogens with zero attached hydrogens (tertiary/aromatic N) is 3. The molecule has 1 N–H and O–H groups in total. The predicted octanol–water partition coefficient (Wildman–Crippen LogP) is 1.90. The number of hydrogen-bond acceptors (Lipinski definition) is 4. The Bertz CT molecular complexity index is 318. The molecule has 1 aliphatic heterocycles. The van der Waals surface area contributed by atoms with Gasteiger partial charge in [0.15, 0.2) is 0 Å². The fourth-order valence-corrected chi connectivity index (χ4v) is 1.84. The van der Waals surface area contributed by atoms with Crippen molar-refractivity contribution in [3.63, 3.8) is 0 Å². The molecule has 0 bridgehead atoms. The average Bonchev–Trinajstić information content (AvgIpc) is 2.69. The highest BCUT2D eigenvalue weighted by atomic mass is 15.2. The van der Waals surface area contributed by atoms with Crippen molar-refractivity contribution in [1.29, 1.82) is 0 Å². The van der Waals surface area contributed by atoms with E-state index in [2.05, 4.69) is 34.0 Å². The first-order valence-electron chi connectivity index (χ1n) is 5.59. The highest BCUT2D eigenvalue weighted by Crippen LogP contribution is 2.19. The summed E-state index contributed by atoms with van der Waals surface area (Å²) in [6.07, 6.45) is 4.19. The molecule has 1 fully saturated rings. The van der Waals surface area contributed by atoms with Gasteiger partial charge in [-0.05, 0) is 26.7 Å². The summed E-state index contributed by atoms with van der Waals surface area (Å²) in [7, 11) is 0. The Kier molecular flexibility index (Phi) is 3.04. The maximum absolute atomic E-state index is 4.30. The number of aromatic nitrogens is 2. The van der Waals surface area contributed by atoms with Gasteiger partial charge < -0.3 is 10.2 Å². The van der Waals surface area contributed by atoms with Crippen LogP contribution in [0.4, 0.5) is 11.6 Å². The number of anilines is 2. The molecule has 0 atom stereocenters. The first-order valence-corrected chi connectivity index (χ1v) is 5.59. The van der Waals surface area contributed by atoms with Crippen molar-refractivity contribution in [2.75, 3.05) is 23.3 Å². The van der Waals surface area contributed by atoms with Crippen LogP contribution in [0.5, 0.6) is 0 Å². The van der Waals surface area contributed by atoms with Crippen molar-refractivity contribution in [3.8, 4) is 0 Å². The molecular formula is C11H18N4. The smallest absolute Gasteiger partial charge is 0.134 e. The van der Waals surface area contributed by atoms with Crippen molar-refractivity contribution in [3.05, 3.63) is 12.4 Å². The number of nitrogens with one attached hydrogen (secondary N) is 1. The first-order chi connectivity index (χ1) is 7.25. The lowest BCUT2D eigenvalue weighted by atomic mass is 10.4. The van der Waals surface area contributed by atoms with Gasteiger partial charge in [-0.1, -0.05) is 0 Å². The molecule has 0 radical (unpaired) electrons. The summed E-state index contributed by atoms with van der Waals surface area (Å²) in [4.78, 5) is 10.8. The van der Waals surface area contributed by atoms with Crippen LogP contribution in [0.3, 0.4) is 0 Å². The van der Waals surface area contributed by atoms with Gasteiger partial charge in [0.05, 0.1) is 0 Å². The summed E-state index contributed by atoms with van der Waals surface area (Å²) in [5.41, 5.74) is 0. The summed E-state index contributed by atoms with van der Waals surface area (Å²) in [6.45, 7) is 6.46. The molecule has 4 nitrogen and oxygen atoms in total. The Morgan fingerprint density at radius 2 is 2.00 bits per heavy atom. The third kappa shape index (κ3) is 2.58. The molecule has 0 spiro atoms. The molecule has 82 valence electrons. The summed E-state index contributed by atoms with van der Waals surface area (Å²) >= 11 is 0. The Labute approximate surface area is 90.7 Å². The fourth-order valence-electron chi connectivity index (χ4n) is 1.84. The predicted molar refractivity (Wildman–Crippen MR) is 62.2 cm³/mol. The van der Waals surface area contributed by atoms with E-state index < -0.39 is 0 Å². The normalized spacial score (nSPS) is 16.1. The van der Waals surface area contributed by atoms with E-state index in [4.69, 9.17) is 0 Å². The number of hydrogen-bond donors (Lipinski definition) is 1. The molecule has 1 aromatic heterocycles. The highest BCUT2D eigenvalue weighted by Gasteiger charge is 2.13. The van der Waals surface area contributed by atoms with Crippen molar-refractivity contribution in [2.24, 2.45) is 0 Å². The van der Waals surface area contributed by atoms with E-state index in [1.807, 2.05) is 6.07 Å². The first kappa shape index (κ1) is 10.2. The topological polar surface area (TPSA) is 41.0 Å². The third-order valence-corrected chi connectivity index (χ3v) is 2.52. The molecule has 2 heterocycles. The molecule has 0 unspecified atom stereocenters. The molecular weight excluding hydrogens is 188 g/mol. The van der Waals surface area contributed by atoms with Crippen LogP contribution in [0.15, 0.2) is 12.4 Å². The van der Waals surface area contributed by atoms with Crippen molar-refractivity contribution < 1.29 is 0 Å². The minimum atomic E-state index is 0.409. The van der Waals surface area contributed by atoms with Gasteiger partial charge >= 0.3 is 0 Å². The second-order valence-corrected chi connectivity index (χ2v) is 4.25. The van der Waals surface area contributed by atoms with Gasteiger partial charge in [0, 0.05) is 25.2 Å². The SMILES string of the molecule is CC(C)Nc1cc(N2CCCC2)ncn1. The highest BCUT2D eigenvalue weighted by molar-refractivity contribution is 5.49. The van der Waals surface area contributed by atoms with Gasteiger partial charge in [-0.25, -0.2) is 9.97 Å². The van der Waals surface area contributed by atoms with E-state index in [1.165, 1.54) is 12.8 Å². The third-order valence-electron chi connectivity index (χ3n) is 2.52. The van der Waals surface area contributed by atoms with E-state index in [1.54, 1.807) is 6.33 Å².